The van der Waals surface area contributed by atoms with Crippen LogP contribution in [0.5, 0.6) is 0 Å². The molecule has 2 N–H and O–H groups in total. The van der Waals surface area contributed by atoms with Crippen LogP contribution in [0.3, 0.4) is 0 Å². The van der Waals surface area contributed by atoms with Crippen LogP contribution in [-0.2, 0) is 4.79 Å². The molecule has 1 amide bonds. The Hall–Kier alpha value is -1.06. The maximum atomic E-state index is 12.6. The number of anilines is 1. The minimum absolute atomic E-state index is 0. The van der Waals surface area contributed by atoms with E-state index in [1.807, 2.05) is 13.1 Å². The Balaban J connectivity index is 0.00000200. The summed E-state index contributed by atoms with van der Waals surface area (Å²) in [6, 6.07) is 6.18. The minimum Gasteiger partial charge on any atom is -0.330 e. The molecule has 2 rings (SSSR count). The van der Waals surface area contributed by atoms with E-state index in [0.29, 0.717) is 12.5 Å². The zero-order valence-corrected chi connectivity index (χ0v) is 13.4. The van der Waals surface area contributed by atoms with E-state index in [9.17, 15) is 4.79 Å². The third-order valence-electron chi connectivity index (χ3n) is 4.49. The Bertz CT molecular complexity index is 476. The number of carbonyl (C=O) groups is 1. The van der Waals surface area contributed by atoms with Crippen LogP contribution in [0, 0.1) is 25.7 Å². The molecule has 0 aliphatic heterocycles. The van der Waals surface area contributed by atoms with Gasteiger partial charge in [0.15, 0.2) is 0 Å². The van der Waals surface area contributed by atoms with Crippen LogP contribution >= 0.6 is 12.4 Å². The maximum absolute atomic E-state index is 12.6. The second-order valence-corrected chi connectivity index (χ2v) is 5.70. The first-order chi connectivity index (χ1) is 9.04. The van der Waals surface area contributed by atoms with E-state index >= 15 is 0 Å². The van der Waals surface area contributed by atoms with Gasteiger partial charge in [-0.25, -0.2) is 0 Å². The van der Waals surface area contributed by atoms with E-state index in [1.165, 1.54) is 11.1 Å². The average Bonchev–Trinajstić information content (AvgIpc) is 2.88. The van der Waals surface area contributed by atoms with Crippen molar-refractivity contribution in [3.8, 4) is 0 Å². The van der Waals surface area contributed by atoms with Gasteiger partial charge in [0, 0.05) is 18.7 Å². The van der Waals surface area contributed by atoms with Gasteiger partial charge in [0.25, 0.3) is 0 Å². The van der Waals surface area contributed by atoms with E-state index < -0.39 is 0 Å². The molecule has 2 atom stereocenters. The standard InChI is InChI=1S/C16H24N2O.ClH/c1-11-7-8-14(9-12(11)2)18(3)16(19)15-6-4-5-13(15)10-17;/h7-9,13,15H,4-6,10,17H2,1-3H3;1H/t13-,15-;/m1./s1. The first-order valence-corrected chi connectivity index (χ1v) is 7.09. The van der Waals surface area contributed by atoms with Crippen molar-refractivity contribution < 1.29 is 4.79 Å². The van der Waals surface area contributed by atoms with Gasteiger partial charge < -0.3 is 10.6 Å². The van der Waals surface area contributed by atoms with E-state index in [-0.39, 0.29) is 24.2 Å². The molecule has 1 aromatic carbocycles. The number of amides is 1. The summed E-state index contributed by atoms with van der Waals surface area (Å²) in [4.78, 5) is 14.4. The number of nitrogens with two attached hydrogens (primary N) is 1. The molecule has 1 fully saturated rings. The van der Waals surface area contributed by atoms with Crippen molar-refractivity contribution in [1.29, 1.82) is 0 Å². The molecule has 4 heteroatoms. The largest absolute Gasteiger partial charge is 0.330 e. The van der Waals surface area contributed by atoms with Crippen LogP contribution in [0.25, 0.3) is 0 Å². The molecule has 1 aromatic rings. The molecule has 0 radical (unpaired) electrons. The number of hydrogen-bond donors (Lipinski definition) is 1. The fraction of sp³-hybridized carbons (Fsp3) is 0.562. The summed E-state index contributed by atoms with van der Waals surface area (Å²) in [7, 11) is 1.87. The van der Waals surface area contributed by atoms with Crippen molar-refractivity contribution in [2.24, 2.45) is 17.6 Å². The molecule has 1 saturated carbocycles. The van der Waals surface area contributed by atoms with Crippen LogP contribution < -0.4 is 10.6 Å². The highest BCUT2D eigenvalue weighted by Gasteiger charge is 2.34. The third kappa shape index (κ3) is 3.33. The number of rotatable bonds is 3. The zero-order chi connectivity index (χ0) is 14.0. The van der Waals surface area contributed by atoms with Gasteiger partial charge in [0.1, 0.15) is 0 Å². The molecule has 0 unspecified atom stereocenters. The summed E-state index contributed by atoms with van der Waals surface area (Å²) in [5, 5.41) is 0. The molecule has 1 aliphatic carbocycles. The first kappa shape index (κ1) is 17.0. The Kier molecular flexibility index (Phi) is 6.03. The predicted octanol–water partition coefficient (Wildman–Crippen LogP) is 3.06. The van der Waals surface area contributed by atoms with Crippen molar-refractivity contribution in [3.05, 3.63) is 29.3 Å². The van der Waals surface area contributed by atoms with Crippen LogP contribution in [0.15, 0.2) is 18.2 Å². The van der Waals surface area contributed by atoms with Crippen LogP contribution in [0.4, 0.5) is 5.69 Å². The number of halogens is 1. The van der Waals surface area contributed by atoms with Gasteiger partial charge in [0.2, 0.25) is 5.91 Å². The predicted molar refractivity (Wildman–Crippen MR) is 86.5 cm³/mol. The monoisotopic (exact) mass is 296 g/mol. The van der Waals surface area contributed by atoms with E-state index in [1.54, 1.807) is 4.90 Å². The van der Waals surface area contributed by atoms with Crippen molar-refractivity contribution in [1.82, 2.24) is 0 Å². The van der Waals surface area contributed by atoms with Gasteiger partial charge in [-0.2, -0.15) is 0 Å². The lowest BCUT2D eigenvalue weighted by Crippen LogP contribution is -2.36. The summed E-state index contributed by atoms with van der Waals surface area (Å²) in [6.45, 7) is 4.79. The molecule has 0 spiro atoms. The van der Waals surface area contributed by atoms with Gasteiger partial charge >= 0.3 is 0 Å². The van der Waals surface area contributed by atoms with Crippen LogP contribution in [-0.4, -0.2) is 19.5 Å². The minimum atomic E-state index is 0. The van der Waals surface area contributed by atoms with Gasteiger partial charge in [-0.1, -0.05) is 12.5 Å². The molecule has 112 valence electrons. The van der Waals surface area contributed by atoms with Crippen LogP contribution in [0.2, 0.25) is 0 Å². The molecular formula is C16H25ClN2O. The van der Waals surface area contributed by atoms with Crippen molar-refractivity contribution >= 4 is 24.0 Å². The normalized spacial score (nSPS) is 21.4. The number of hydrogen-bond acceptors (Lipinski definition) is 2. The fourth-order valence-electron chi connectivity index (χ4n) is 2.95. The highest BCUT2D eigenvalue weighted by molar-refractivity contribution is 5.95. The van der Waals surface area contributed by atoms with Gasteiger partial charge in [-0.15, -0.1) is 12.4 Å². The Morgan fingerprint density at radius 3 is 2.60 bits per heavy atom. The highest BCUT2D eigenvalue weighted by Crippen LogP contribution is 2.33. The molecule has 3 nitrogen and oxygen atoms in total. The lowest BCUT2D eigenvalue weighted by molar-refractivity contribution is -0.123. The number of aryl methyl sites for hydroxylation is 2. The molecular weight excluding hydrogens is 272 g/mol. The van der Waals surface area contributed by atoms with Crippen LogP contribution in [0.1, 0.15) is 30.4 Å². The summed E-state index contributed by atoms with van der Waals surface area (Å²) in [5.74, 6) is 0.689. The Labute approximate surface area is 127 Å². The quantitative estimate of drug-likeness (QED) is 0.932. The molecule has 0 heterocycles. The highest BCUT2D eigenvalue weighted by atomic mass is 35.5. The zero-order valence-electron chi connectivity index (χ0n) is 12.6. The first-order valence-electron chi connectivity index (χ1n) is 7.09. The van der Waals surface area contributed by atoms with Gasteiger partial charge in [-0.3, -0.25) is 4.79 Å². The summed E-state index contributed by atoms with van der Waals surface area (Å²) in [6.07, 6.45) is 3.20. The fourth-order valence-corrected chi connectivity index (χ4v) is 2.95. The summed E-state index contributed by atoms with van der Waals surface area (Å²) in [5.41, 5.74) is 9.23. The maximum Gasteiger partial charge on any atom is 0.230 e. The Morgan fingerprint density at radius 1 is 1.30 bits per heavy atom. The lowest BCUT2D eigenvalue weighted by atomic mass is 9.94. The SMILES string of the molecule is Cc1ccc(N(C)C(=O)[C@@H]2CCC[C@@H]2CN)cc1C.Cl. The van der Waals surface area contributed by atoms with E-state index in [2.05, 4.69) is 26.0 Å². The average molecular weight is 297 g/mol. The van der Waals surface area contributed by atoms with Crippen molar-refractivity contribution in [3.63, 3.8) is 0 Å². The molecule has 1 aliphatic rings. The van der Waals surface area contributed by atoms with E-state index in [0.717, 1.165) is 24.9 Å². The summed E-state index contributed by atoms with van der Waals surface area (Å²) < 4.78 is 0. The molecule has 0 aromatic heterocycles. The second kappa shape index (κ2) is 7.09. The third-order valence-corrected chi connectivity index (χ3v) is 4.49. The summed E-state index contributed by atoms with van der Waals surface area (Å²) >= 11 is 0. The molecule has 0 saturated heterocycles. The second-order valence-electron chi connectivity index (χ2n) is 5.70. The van der Waals surface area contributed by atoms with Crippen molar-refractivity contribution in [2.45, 2.75) is 33.1 Å². The topological polar surface area (TPSA) is 46.3 Å². The van der Waals surface area contributed by atoms with E-state index in [4.69, 9.17) is 5.73 Å². The smallest absolute Gasteiger partial charge is 0.230 e. The number of nitrogens with zero attached hydrogens (tertiary/aromatic N) is 1. The lowest BCUT2D eigenvalue weighted by Gasteiger charge is -2.25. The van der Waals surface area contributed by atoms with Gasteiger partial charge in [-0.05, 0) is 62.4 Å². The van der Waals surface area contributed by atoms with Gasteiger partial charge in [0.05, 0.1) is 0 Å². The van der Waals surface area contributed by atoms with Crippen molar-refractivity contribution in [2.75, 3.05) is 18.5 Å². The number of carbonyl (C=O) groups excluding carboxylic acids is 1. The molecule has 20 heavy (non-hydrogen) atoms. The Morgan fingerprint density at radius 2 is 2.00 bits per heavy atom. The molecule has 0 bridgehead atoms. The number of benzene rings is 1.